The number of carbonyl (C=O) groups is 1. The van der Waals surface area contributed by atoms with Crippen molar-refractivity contribution in [3.63, 3.8) is 0 Å². The van der Waals surface area contributed by atoms with E-state index in [-0.39, 0.29) is 11.7 Å². The Hall–Kier alpha value is -4.08. The fourth-order valence-corrected chi connectivity index (χ4v) is 4.39. The van der Waals surface area contributed by atoms with Crippen LogP contribution in [0.5, 0.6) is 5.75 Å². The highest BCUT2D eigenvalue weighted by Crippen LogP contribution is 2.34. The number of thioether (sulfide) groups is 1. The quantitative estimate of drug-likeness (QED) is 0.284. The molecule has 0 fully saturated rings. The van der Waals surface area contributed by atoms with Crippen molar-refractivity contribution in [3.05, 3.63) is 96.1 Å². The summed E-state index contributed by atoms with van der Waals surface area (Å²) in [6.45, 7) is 4.54. The molecule has 6 heteroatoms. The van der Waals surface area contributed by atoms with E-state index in [1.807, 2.05) is 98.8 Å². The molecular formula is C29H25N3O2S. The number of benzene rings is 3. The van der Waals surface area contributed by atoms with Gasteiger partial charge in [0.1, 0.15) is 16.8 Å². The first-order valence-corrected chi connectivity index (χ1v) is 12.3. The Balaban J connectivity index is 1.66. The second-order valence-corrected chi connectivity index (χ2v) is 8.84. The van der Waals surface area contributed by atoms with Crippen LogP contribution in [0.15, 0.2) is 90.0 Å². The predicted molar refractivity (Wildman–Crippen MR) is 142 cm³/mol. The number of nitrogens with zero attached hydrogens (tertiary/aromatic N) is 2. The topological polar surface area (TPSA) is 75.0 Å². The van der Waals surface area contributed by atoms with E-state index in [9.17, 15) is 10.1 Å². The molecule has 0 radical (unpaired) electrons. The van der Waals surface area contributed by atoms with Gasteiger partial charge in [0.25, 0.3) is 0 Å². The lowest BCUT2D eigenvalue weighted by Gasteiger charge is -2.13. The van der Waals surface area contributed by atoms with Crippen molar-refractivity contribution < 1.29 is 9.53 Å². The van der Waals surface area contributed by atoms with Crippen molar-refractivity contribution in [2.24, 2.45) is 0 Å². The lowest BCUT2D eigenvalue weighted by atomic mass is 9.99. The normalized spacial score (nSPS) is 10.4. The Labute approximate surface area is 209 Å². The molecule has 3 aromatic carbocycles. The maximum absolute atomic E-state index is 12.6. The lowest BCUT2D eigenvalue weighted by molar-refractivity contribution is -0.113. The molecule has 0 saturated heterocycles. The summed E-state index contributed by atoms with van der Waals surface area (Å²) >= 11 is 1.26. The summed E-state index contributed by atoms with van der Waals surface area (Å²) < 4.78 is 5.56. The van der Waals surface area contributed by atoms with Crippen LogP contribution in [-0.2, 0) is 4.79 Å². The van der Waals surface area contributed by atoms with Crippen LogP contribution in [-0.4, -0.2) is 23.3 Å². The van der Waals surface area contributed by atoms with Crippen molar-refractivity contribution in [2.45, 2.75) is 18.9 Å². The maximum Gasteiger partial charge on any atom is 0.234 e. The third kappa shape index (κ3) is 6.08. The molecule has 0 atom stereocenters. The average molecular weight is 480 g/mol. The molecule has 35 heavy (non-hydrogen) atoms. The maximum atomic E-state index is 12.6. The molecule has 0 saturated carbocycles. The number of nitrogens with one attached hydrogen (secondary N) is 1. The monoisotopic (exact) mass is 479 g/mol. The smallest absolute Gasteiger partial charge is 0.234 e. The van der Waals surface area contributed by atoms with E-state index in [1.165, 1.54) is 11.8 Å². The van der Waals surface area contributed by atoms with Gasteiger partial charge in [-0.15, -0.1) is 0 Å². The van der Waals surface area contributed by atoms with E-state index in [2.05, 4.69) is 11.4 Å². The van der Waals surface area contributed by atoms with E-state index in [0.717, 1.165) is 39.4 Å². The SMILES string of the molecule is CCOc1ccc(-c2cc(-c3ccccc3)c(C#N)c(SCC(=O)Nc3ccc(C)cc3)n2)cc1. The fraction of sp³-hybridized carbons (Fsp3) is 0.138. The van der Waals surface area contributed by atoms with Crippen molar-refractivity contribution in [2.75, 3.05) is 17.7 Å². The Morgan fingerprint density at radius 2 is 1.71 bits per heavy atom. The zero-order valence-corrected chi connectivity index (χ0v) is 20.4. The number of aromatic nitrogens is 1. The third-order valence-corrected chi connectivity index (χ3v) is 6.29. The summed E-state index contributed by atoms with van der Waals surface area (Å²) in [4.78, 5) is 17.4. The molecular weight excluding hydrogens is 454 g/mol. The fourth-order valence-electron chi connectivity index (χ4n) is 3.58. The second kappa shape index (κ2) is 11.4. The first-order valence-electron chi connectivity index (χ1n) is 11.3. The molecule has 0 unspecified atom stereocenters. The largest absolute Gasteiger partial charge is 0.494 e. The molecule has 0 aliphatic rings. The molecule has 1 amide bonds. The van der Waals surface area contributed by atoms with Gasteiger partial charge in [-0.05, 0) is 61.9 Å². The van der Waals surface area contributed by atoms with Gasteiger partial charge in [-0.3, -0.25) is 4.79 Å². The van der Waals surface area contributed by atoms with Crippen LogP contribution in [0.25, 0.3) is 22.4 Å². The van der Waals surface area contributed by atoms with Gasteiger partial charge < -0.3 is 10.1 Å². The highest BCUT2D eigenvalue weighted by Gasteiger charge is 2.17. The summed E-state index contributed by atoms with van der Waals surface area (Å²) in [5, 5.41) is 13.5. The molecule has 5 nitrogen and oxygen atoms in total. The summed E-state index contributed by atoms with van der Waals surface area (Å²) in [6, 6.07) is 29.4. The van der Waals surface area contributed by atoms with Gasteiger partial charge in [0.05, 0.1) is 23.6 Å². The number of hydrogen-bond acceptors (Lipinski definition) is 5. The minimum absolute atomic E-state index is 0.135. The van der Waals surface area contributed by atoms with Crippen LogP contribution in [0.2, 0.25) is 0 Å². The van der Waals surface area contributed by atoms with Crippen molar-refractivity contribution >= 4 is 23.4 Å². The van der Waals surface area contributed by atoms with Crippen molar-refractivity contribution in [3.8, 4) is 34.2 Å². The van der Waals surface area contributed by atoms with E-state index < -0.39 is 0 Å². The van der Waals surface area contributed by atoms with Crippen LogP contribution in [0, 0.1) is 18.3 Å². The second-order valence-electron chi connectivity index (χ2n) is 7.87. The van der Waals surface area contributed by atoms with Crippen LogP contribution in [0.1, 0.15) is 18.1 Å². The average Bonchev–Trinajstić information content (AvgIpc) is 2.89. The molecule has 0 aliphatic heterocycles. The Kier molecular flexibility index (Phi) is 7.81. The first-order chi connectivity index (χ1) is 17.1. The number of carbonyl (C=O) groups excluding carboxylic acids is 1. The number of hydrogen-bond donors (Lipinski definition) is 1. The summed E-state index contributed by atoms with van der Waals surface area (Å²) in [7, 11) is 0. The summed E-state index contributed by atoms with van der Waals surface area (Å²) in [5.41, 5.74) is 5.66. The minimum atomic E-state index is -0.155. The van der Waals surface area contributed by atoms with Crippen LogP contribution in [0.3, 0.4) is 0 Å². The third-order valence-electron chi connectivity index (χ3n) is 5.32. The number of aryl methyl sites for hydroxylation is 1. The van der Waals surface area contributed by atoms with E-state index >= 15 is 0 Å². The molecule has 174 valence electrons. The van der Waals surface area contributed by atoms with Gasteiger partial charge in [0, 0.05) is 16.8 Å². The number of ether oxygens (including phenoxy) is 1. The molecule has 4 rings (SSSR count). The summed E-state index contributed by atoms with van der Waals surface area (Å²) in [6.07, 6.45) is 0. The number of nitriles is 1. The Morgan fingerprint density at radius 1 is 1.00 bits per heavy atom. The van der Waals surface area contributed by atoms with Gasteiger partial charge >= 0.3 is 0 Å². The highest BCUT2D eigenvalue weighted by molar-refractivity contribution is 8.00. The molecule has 1 N–H and O–H groups in total. The molecule has 4 aromatic rings. The van der Waals surface area contributed by atoms with Crippen molar-refractivity contribution in [1.29, 1.82) is 5.26 Å². The van der Waals surface area contributed by atoms with Gasteiger partial charge in [-0.2, -0.15) is 5.26 Å². The Morgan fingerprint density at radius 3 is 2.37 bits per heavy atom. The molecule has 1 heterocycles. The van der Waals surface area contributed by atoms with Gasteiger partial charge in [-0.1, -0.05) is 59.8 Å². The minimum Gasteiger partial charge on any atom is -0.494 e. The summed E-state index contributed by atoms with van der Waals surface area (Å²) in [5.74, 6) is 0.768. The van der Waals surface area contributed by atoms with Gasteiger partial charge in [0.15, 0.2) is 0 Å². The van der Waals surface area contributed by atoms with Crippen LogP contribution < -0.4 is 10.1 Å². The highest BCUT2D eigenvalue weighted by atomic mass is 32.2. The molecule has 1 aromatic heterocycles. The molecule has 0 spiro atoms. The van der Waals surface area contributed by atoms with E-state index in [4.69, 9.17) is 9.72 Å². The molecule has 0 bridgehead atoms. The van der Waals surface area contributed by atoms with Crippen molar-refractivity contribution in [1.82, 2.24) is 4.98 Å². The van der Waals surface area contributed by atoms with Gasteiger partial charge in [0.2, 0.25) is 5.91 Å². The lowest BCUT2D eigenvalue weighted by Crippen LogP contribution is -2.14. The first kappa shape index (κ1) is 24.1. The zero-order chi connectivity index (χ0) is 24.6. The van der Waals surface area contributed by atoms with Crippen LogP contribution >= 0.6 is 11.8 Å². The Bertz CT molecular complexity index is 1350. The van der Waals surface area contributed by atoms with Crippen LogP contribution in [0.4, 0.5) is 5.69 Å². The van der Waals surface area contributed by atoms with Gasteiger partial charge in [-0.25, -0.2) is 4.98 Å². The van der Waals surface area contributed by atoms with E-state index in [0.29, 0.717) is 17.2 Å². The standard InChI is InChI=1S/C29H25N3O2S/c1-3-34-24-15-11-22(12-16-24)27-17-25(21-7-5-4-6-8-21)26(18-30)29(32-27)35-19-28(33)31-23-13-9-20(2)10-14-23/h4-17H,3,19H2,1-2H3,(H,31,33). The van der Waals surface area contributed by atoms with E-state index in [1.54, 1.807) is 0 Å². The number of pyridine rings is 1. The predicted octanol–water partition coefficient (Wildman–Crippen LogP) is 6.73. The number of anilines is 1. The number of rotatable bonds is 8. The zero-order valence-electron chi connectivity index (χ0n) is 19.6. The molecule has 0 aliphatic carbocycles. The number of amides is 1.